The lowest BCUT2D eigenvalue weighted by Gasteiger charge is -2.08. The Labute approximate surface area is 154 Å². The van der Waals surface area contributed by atoms with Crippen molar-refractivity contribution in [3.8, 4) is 0 Å². The molecule has 0 amide bonds. The lowest BCUT2D eigenvalue weighted by Crippen LogP contribution is -1.96. The van der Waals surface area contributed by atoms with E-state index < -0.39 is 11.9 Å². The first-order chi connectivity index (χ1) is 11.8. The number of aryl methyl sites for hydroxylation is 2. The van der Waals surface area contributed by atoms with Crippen LogP contribution in [-0.2, 0) is 12.8 Å². The van der Waals surface area contributed by atoms with Gasteiger partial charge in [0.05, 0.1) is 0 Å². The molecule has 4 nitrogen and oxygen atoms in total. The Morgan fingerprint density at radius 1 is 0.880 bits per heavy atom. The van der Waals surface area contributed by atoms with E-state index in [9.17, 15) is 9.59 Å². The van der Waals surface area contributed by atoms with Gasteiger partial charge in [-0.1, -0.05) is 11.1 Å². The van der Waals surface area contributed by atoms with Crippen LogP contribution in [0.5, 0.6) is 0 Å². The zero-order chi connectivity index (χ0) is 18.1. The van der Waals surface area contributed by atoms with Crippen molar-refractivity contribution >= 4 is 34.6 Å². The van der Waals surface area contributed by atoms with Crippen LogP contribution in [0.15, 0.2) is 23.3 Å². The maximum atomic E-state index is 11.2. The largest absolute Gasteiger partial charge is 0.477 e. The van der Waals surface area contributed by atoms with Gasteiger partial charge in [0.15, 0.2) is 0 Å². The van der Waals surface area contributed by atoms with E-state index in [4.69, 9.17) is 10.2 Å². The summed E-state index contributed by atoms with van der Waals surface area (Å²) in [6.07, 6.45) is 4.82. The minimum Gasteiger partial charge on any atom is -0.477 e. The first-order valence-corrected chi connectivity index (χ1v) is 9.83. The van der Waals surface area contributed by atoms with E-state index >= 15 is 0 Å². The van der Waals surface area contributed by atoms with Gasteiger partial charge < -0.3 is 10.2 Å². The van der Waals surface area contributed by atoms with Crippen molar-refractivity contribution in [1.82, 2.24) is 0 Å². The molecule has 0 aliphatic heterocycles. The van der Waals surface area contributed by atoms with Crippen LogP contribution in [0.25, 0.3) is 0 Å². The fourth-order valence-corrected chi connectivity index (χ4v) is 5.12. The molecule has 0 fully saturated rings. The van der Waals surface area contributed by atoms with E-state index in [1.165, 1.54) is 33.8 Å². The molecular weight excluding hydrogens is 356 g/mol. The topological polar surface area (TPSA) is 74.6 Å². The summed E-state index contributed by atoms with van der Waals surface area (Å²) in [6.45, 7) is 3.95. The lowest BCUT2D eigenvalue weighted by atomic mass is 9.98. The van der Waals surface area contributed by atoms with Crippen LogP contribution in [0.4, 0.5) is 0 Å². The third-order valence-electron chi connectivity index (χ3n) is 4.73. The van der Waals surface area contributed by atoms with Crippen LogP contribution in [0.2, 0.25) is 0 Å². The Bertz CT molecular complexity index is 800. The summed E-state index contributed by atoms with van der Waals surface area (Å²) >= 11 is 2.67. The summed E-state index contributed by atoms with van der Waals surface area (Å²) in [6, 6.07) is 3.59. The Kier molecular flexibility index (Phi) is 5.11. The molecule has 0 saturated carbocycles. The summed E-state index contributed by atoms with van der Waals surface area (Å²) in [5.41, 5.74) is 4.98. The summed E-state index contributed by atoms with van der Waals surface area (Å²) < 4.78 is 0. The van der Waals surface area contributed by atoms with Gasteiger partial charge in [-0.3, -0.25) is 0 Å². The fourth-order valence-electron chi connectivity index (χ4n) is 3.36. The van der Waals surface area contributed by atoms with Crippen molar-refractivity contribution in [2.24, 2.45) is 0 Å². The quantitative estimate of drug-likeness (QED) is 0.689. The molecule has 2 heterocycles. The second-order valence-electron chi connectivity index (χ2n) is 6.41. The number of hydrogen-bond donors (Lipinski definition) is 2. The van der Waals surface area contributed by atoms with Crippen LogP contribution < -0.4 is 0 Å². The summed E-state index contributed by atoms with van der Waals surface area (Å²) in [5, 5.41) is 18.3. The predicted octanol–water partition coefficient (Wildman–Crippen LogP) is 5.09. The molecule has 0 saturated heterocycles. The smallest absolute Gasteiger partial charge is 0.345 e. The van der Waals surface area contributed by atoms with Crippen molar-refractivity contribution < 1.29 is 19.8 Å². The first kappa shape index (κ1) is 17.9. The highest BCUT2D eigenvalue weighted by Gasteiger charge is 2.20. The van der Waals surface area contributed by atoms with Gasteiger partial charge in [0, 0.05) is 9.75 Å². The summed E-state index contributed by atoms with van der Waals surface area (Å²) in [5.74, 6) is -1.73. The van der Waals surface area contributed by atoms with E-state index in [0.717, 1.165) is 53.0 Å². The fraction of sp³-hybridized carbons (Fsp3) is 0.368. The third-order valence-corrected chi connectivity index (χ3v) is 6.89. The molecule has 2 aromatic rings. The Morgan fingerprint density at radius 2 is 1.28 bits per heavy atom. The molecule has 1 aliphatic carbocycles. The van der Waals surface area contributed by atoms with E-state index in [-0.39, 0.29) is 0 Å². The molecular formula is C19H20O4S2. The van der Waals surface area contributed by atoms with Crippen molar-refractivity contribution in [2.75, 3.05) is 0 Å². The number of carbonyl (C=O) groups is 2. The SMILES string of the molecule is Cc1sc(C(=O)O)cc1CC1=C(Cc2cc(C(=O)O)sc2C)CCC1. The van der Waals surface area contributed by atoms with Gasteiger partial charge in [-0.2, -0.15) is 0 Å². The maximum Gasteiger partial charge on any atom is 0.345 e. The van der Waals surface area contributed by atoms with E-state index in [1.54, 1.807) is 12.1 Å². The molecule has 0 bridgehead atoms. The molecule has 2 aromatic heterocycles. The molecule has 3 rings (SSSR count). The molecule has 1 aliphatic rings. The minimum atomic E-state index is -0.866. The normalized spacial score (nSPS) is 14.3. The van der Waals surface area contributed by atoms with Gasteiger partial charge in [-0.15, -0.1) is 22.7 Å². The summed E-state index contributed by atoms with van der Waals surface area (Å²) in [7, 11) is 0. The number of hydrogen-bond acceptors (Lipinski definition) is 4. The Morgan fingerprint density at radius 3 is 1.60 bits per heavy atom. The standard InChI is InChI=1S/C19H20O4S2/c1-10-14(8-16(24-10)18(20)21)6-12-4-3-5-13(12)7-15-9-17(19(22)23)25-11(15)2/h8-9H,3-7H2,1-2H3,(H,20,21)(H,22,23). The average molecular weight is 376 g/mol. The van der Waals surface area contributed by atoms with Crippen molar-refractivity contribution in [1.29, 1.82) is 0 Å². The van der Waals surface area contributed by atoms with E-state index in [1.807, 2.05) is 13.8 Å². The molecule has 0 spiro atoms. The van der Waals surface area contributed by atoms with Gasteiger partial charge in [0.2, 0.25) is 0 Å². The van der Waals surface area contributed by atoms with Crippen LogP contribution in [0.3, 0.4) is 0 Å². The molecule has 132 valence electrons. The zero-order valence-corrected chi connectivity index (χ0v) is 15.9. The van der Waals surface area contributed by atoms with Gasteiger partial charge in [-0.25, -0.2) is 9.59 Å². The second kappa shape index (κ2) is 7.14. The number of aromatic carboxylic acids is 2. The number of carboxylic acid groups (broad SMARTS) is 2. The highest BCUT2D eigenvalue weighted by Crippen LogP contribution is 2.35. The predicted molar refractivity (Wildman–Crippen MR) is 100 cm³/mol. The minimum absolute atomic E-state index is 0.396. The molecule has 0 radical (unpaired) electrons. The number of rotatable bonds is 6. The number of thiophene rings is 2. The average Bonchev–Trinajstić information content (AvgIpc) is 3.22. The Balaban J connectivity index is 1.83. The molecule has 2 N–H and O–H groups in total. The highest BCUT2D eigenvalue weighted by molar-refractivity contribution is 7.14. The second-order valence-corrected chi connectivity index (χ2v) is 8.92. The number of allylic oxidation sites excluding steroid dienone is 2. The zero-order valence-electron chi connectivity index (χ0n) is 14.2. The van der Waals surface area contributed by atoms with Gasteiger partial charge >= 0.3 is 11.9 Å². The molecule has 0 aromatic carbocycles. The van der Waals surface area contributed by atoms with Crippen molar-refractivity contribution in [2.45, 2.75) is 46.0 Å². The highest BCUT2D eigenvalue weighted by atomic mass is 32.1. The molecule has 25 heavy (non-hydrogen) atoms. The van der Waals surface area contributed by atoms with Crippen LogP contribution in [0, 0.1) is 13.8 Å². The van der Waals surface area contributed by atoms with Crippen LogP contribution >= 0.6 is 22.7 Å². The van der Waals surface area contributed by atoms with Crippen LogP contribution in [0.1, 0.15) is 59.5 Å². The van der Waals surface area contributed by atoms with Crippen molar-refractivity contribution in [3.05, 3.63) is 53.9 Å². The van der Waals surface area contributed by atoms with Crippen LogP contribution in [-0.4, -0.2) is 22.2 Å². The molecule has 6 heteroatoms. The van der Waals surface area contributed by atoms with Gasteiger partial charge in [-0.05, 0) is 69.2 Å². The van der Waals surface area contributed by atoms with Crippen molar-refractivity contribution in [3.63, 3.8) is 0 Å². The lowest BCUT2D eigenvalue weighted by molar-refractivity contribution is 0.0691. The van der Waals surface area contributed by atoms with E-state index in [2.05, 4.69) is 0 Å². The maximum absolute atomic E-state index is 11.2. The number of carboxylic acids is 2. The molecule has 0 unspecified atom stereocenters. The molecule has 0 atom stereocenters. The monoisotopic (exact) mass is 376 g/mol. The van der Waals surface area contributed by atoms with Gasteiger partial charge in [0.1, 0.15) is 9.75 Å². The third kappa shape index (κ3) is 3.85. The first-order valence-electron chi connectivity index (χ1n) is 8.20. The van der Waals surface area contributed by atoms with Gasteiger partial charge in [0.25, 0.3) is 0 Å². The summed E-state index contributed by atoms with van der Waals surface area (Å²) in [4.78, 5) is 25.2. The Hall–Kier alpha value is -1.92. The van der Waals surface area contributed by atoms with E-state index in [0.29, 0.717) is 9.75 Å².